The number of hydrogen-bond donors (Lipinski definition) is 1. The summed E-state index contributed by atoms with van der Waals surface area (Å²) in [5.74, 6) is -0.634. The van der Waals surface area contributed by atoms with Crippen molar-refractivity contribution in [1.82, 2.24) is 9.47 Å². The molecule has 2 rings (SSSR count). The minimum atomic E-state index is -0.539. The molecule has 74 valence electrons. The van der Waals surface area contributed by atoms with Crippen LogP contribution in [0.2, 0.25) is 0 Å². The Kier molecular flexibility index (Phi) is 1.80. The van der Waals surface area contributed by atoms with E-state index in [0.717, 1.165) is 0 Å². The van der Waals surface area contributed by atoms with Gasteiger partial charge in [0.05, 0.1) is 6.54 Å². The molecule has 1 aromatic rings. The molecule has 1 unspecified atom stereocenters. The van der Waals surface area contributed by atoms with Crippen molar-refractivity contribution in [2.45, 2.75) is 12.6 Å². The maximum Gasteiger partial charge on any atom is 0.270 e. The standard InChI is InChI=1S/C9H11N3O2/c1-11-7(8(10)13)5-12-4-2-3-6(12)9(11)14/h2-4,7H,5H2,1H3,(H2,10,13). The van der Waals surface area contributed by atoms with Crippen LogP contribution in [0.25, 0.3) is 0 Å². The van der Waals surface area contributed by atoms with Gasteiger partial charge in [-0.25, -0.2) is 0 Å². The fraction of sp³-hybridized carbons (Fsp3) is 0.333. The average Bonchev–Trinajstić information content (AvgIpc) is 2.58. The summed E-state index contributed by atoms with van der Waals surface area (Å²) in [7, 11) is 1.59. The first-order valence-corrected chi connectivity index (χ1v) is 4.33. The van der Waals surface area contributed by atoms with Gasteiger partial charge in [0, 0.05) is 13.2 Å². The van der Waals surface area contributed by atoms with E-state index in [1.54, 1.807) is 29.9 Å². The van der Waals surface area contributed by atoms with Crippen LogP contribution < -0.4 is 5.73 Å². The van der Waals surface area contributed by atoms with E-state index in [1.165, 1.54) is 4.90 Å². The maximum atomic E-state index is 11.7. The highest BCUT2D eigenvalue weighted by Gasteiger charge is 2.32. The van der Waals surface area contributed by atoms with E-state index in [4.69, 9.17) is 5.73 Å². The highest BCUT2D eigenvalue weighted by atomic mass is 16.2. The lowest BCUT2D eigenvalue weighted by atomic mass is 10.1. The number of aromatic nitrogens is 1. The lowest BCUT2D eigenvalue weighted by Gasteiger charge is -2.31. The van der Waals surface area contributed by atoms with Crippen molar-refractivity contribution in [2.75, 3.05) is 7.05 Å². The van der Waals surface area contributed by atoms with Crippen molar-refractivity contribution in [3.05, 3.63) is 24.0 Å². The zero-order chi connectivity index (χ0) is 10.3. The smallest absolute Gasteiger partial charge is 0.270 e. The monoisotopic (exact) mass is 193 g/mol. The molecule has 2 amide bonds. The van der Waals surface area contributed by atoms with E-state index in [-0.39, 0.29) is 5.91 Å². The minimum absolute atomic E-state index is 0.162. The van der Waals surface area contributed by atoms with Crippen LogP contribution in [-0.2, 0) is 11.3 Å². The second-order valence-corrected chi connectivity index (χ2v) is 3.38. The topological polar surface area (TPSA) is 68.3 Å². The first-order chi connectivity index (χ1) is 6.61. The number of carbonyl (C=O) groups excluding carboxylic acids is 2. The van der Waals surface area contributed by atoms with Gasteiger partial charge >= 0.3 is 0 Å². The first-order valence-electron chi connectivity index (χ1n) is 4.33. The number of fused-ring (bicyclic) bond motifs is 1. The number of amides is 2. The number of nitrogens with two attached hydrogens (primary N) is 1. The normalized spacial score (nSPS) is 20.8. The molecule has 5 nitrogen and oxygen atoms in total. The minimum Gasteiger partial charge on any atom is -0.368 e. The number of carbonyl (C=O) groups is 2. The molecule has 0 spiro atoms. The van der Waals surface area contributed by atoms with Crippen LogP contribution in [0, 0.1) is 0 Å². The van der Waals surface area contributed by atoms with Crippen LogP contribution in [0.5, 0.6) is 0 Å². The number of hydrogen-bond acceptors (Lipinski definition) is 2. The van der Waals surface area contributed by atoms with Crippen molar-refractivity contribution < 1.29 is 9.59 Å². The molecule has 0 aromatic carbocycles. The second kappa shape index (κ2) is 2.87. The van der Waals surface area contributed by atoms with E-state index in [0.29, 0.717) is 12.2 Å². The summed E-state index contributed by atoms with van der Waals surface area (Å²) in [6, 6.07) is 2.97. The van der Waals surface area contributed by atoms with Gasteiger partial charge in [0.25, 0.3) is 5.91 Å². The predicted octanol–water partition coefficient (Wildman–Crippen LogP) is -0.572. The Balaban J connectivity index is 2.42. The van der Waals surface area contributed by atoms with Gasteiger partial charge in [0.15, 0.2) is 0 Å². The van der Waals surface area contributed by atoms with Crippen LogP contribution in [0.1, 0.15) is 10.5 Å². The number of nitrogens with zero attached hydrogens (tertiary/aromatic N) is 2. The molecule has 5 heteroatoms. The van der Waals surface area contributed by atoms with Crippen LogP contribution in [0.3, 0.4) is 0 Å². The molecule has 14 heavy (non-hydrogen) atoms. The quantitative estimate of drug-likeness (QED) is 0.648. The summed E-state index contributed by atoms with van der Waals surface area (Å²) in [6.45, 7) is 0.444. The zero-order valence-electron chi connectivity index (χ0n) is 7.80. The van der Waals surface area contributed by atoms with E-state index >= 15 is 0 Å². The van der Waals surface area contributed by atoms with Crippen molar-refractivity contribution in [3.63, 3.8) is 0 Å². The Hall–Kier alpha value is -1.78. The maximum absolute atomic E-state index is 11.7. The van der Waals surface area contributed by atoms with Crippen LogP contribution >= 0.6 is 0 Å². The molecule has 0 saturated heterocycles. The van der Waals surface area contributed by atoms with Gasteiger partial charge in [0.1, 0.15) is 11.7 Å². The Morgan fingerprint density at radius 1 is 1.64 bits per heavy atom. The Labute approximate surface area is 81.1 Å². The van der Waals surface area contributed by atoms with E-state index in [2.05, 4.69) is 0 Å². The van der Waals surface area contributed by atoms with Gasteiger partial charge < -0.3 is 15.2 Å². The Morgan fingerprint density at radius 3 is 3.00 bits per heavy atom. The largest absolute Gasteiger partial charge is 0.368 e. The highest BCUT2D eigenvalue weighted by molar-refractivity contribution is 5.97. The van der Waals surface area contributed by atoms with Crippen molar-refractivity contribution in [2.24, 2.45) is 5.73 Å². The summed E-state index contributed by atoms with van der Waals surface area (Å²) in [5.41, 5.74) is 5.80. The first kappa shape index (κ1) is 8.80. The third-order valence-corrected chi connectivity index (χ3v) is 2.53. The predicted molar refractivity (Wildman–Crippen MR) is 49.5 cm³/mol. The Morgan fingerprint density at radius 2 is 2.36 bits per heavy atom. The van der Waals surface area contributed by atoms with Crippen molar-refractivity contribution in [1.29, 1.82) is 0 Å². The number of likely N-dealkylation sites (N-methyl/N-ethyl adjacent to an activating group) is 1. The summed E-state index contributed by atoms with van der Waals surface area (Å²) in [6.07, 6.45) is 1.77. The molecule has 0 bridgehead atoms. The van der Waals surface area contributed by atoms with Gasteiger partial charge in [0.2, 0.25) is 5.91 Å². The molecular formula is C9H11N3O2. The SMILES string of the molecule is CN1C(=O)c2cccn2CC1C(N)=O. The molecule has 0 fully saturated rings. The molecular weight excluding hydrogens is 182 g/mol. The lowest BCUT2D eigenvalue weighted by molar-refractivity contribution is -0.122. The van der Waals surface area contributed by atoms with Crippen LogP contribution in [0.15, 0.2) is 18.3 Å². The molecule has 0 radical (unpaired) electrons. The van der Waals surface area contributed by atoms with Crippen molar-refractivity contribution >= 4 is 11.8 Å². The fourth-order valence-corrected chi connectivity index (χ4v) is 1.68. The Bertz CT molecular complexity index is 397. The molecule has 1 aromatic heterocycles. The molecule has 1 aliphatic heterocycles. The van der Waals surface area contributed by atoms with E-state index in [9.17, 15) is 9.59 Å². The summed E-state index contributed by atoms with van der Waals surface area (Å²) >= 11 is 0. The molecule has 2 N–H and O–H groups in total. The second-order valence-electron chi connectivity index (χ2n) is 3.38. The third kappa shape index (κ3) is 1.09. The highest BCUT2D eigenvalue weighted by Crippen LogP contribution is 2.16. The number of primary amides is 1. The molecule has 0 saturated carbocycles. The fourth-order valence-electron chi connectivity index (χ4n) is 1.68. The van der Waals surface area contributed by atoms with Gasteiger partial charge in [-0.05, 0) is 12.1 Å². The van der Waals surface area contributed by atoms with Gasteiger partial charge in [-0.2, -0.15) is 0 Å². The lowest BCUT2D eigenvalue weighted by Crippen LogP contribution is -2.51. The van der Waals surface area contributed by atoms with Gasteiger partial charge in [-0.3, -0.25) is 9.59 Å². The number of rotatable bonds is 1. The van der Waals surface area contributed by atoms with Crippen molar-refractivity contribution in [3.8, 4) is 0 Å². The summed E-state index contributed by atoms with van der Waals surface area (Å²) in [4.78, 5) is 24.1. The van der Waals surface area contributed by atoms with Gasteiger partial charge in [-0.1, -0.05) is 0 Å². The third-order valence-electron chi connectivity index (χ3n) is 2.53. The summed E-state index contributed by atoms with van der Waals surface area (Å²) < 4.78 is 1.75. The molecule has 0 aliphatic carbocycles. The van der Waals surface area contributed by atoms with Gasteiger partial charge in [-0.15, -0.1) is 0 Å². The van der Waals surface area contributed by atoms with E-state index < -0.39 is 11.9 Å². The summed E-state index contributed by atoms with van der Waals surface area (Å²) in [5, 5.41) is 0. The van der Waals surface area contributed by atoms with Crippen LogP contribution in [0.4, 0.5) is 0 Å². The van der Waals surface area contributed by atoms with E-state index in [1.807, 2.05) is 0 Å². The van der Waals surface area contributed by atoms with Crippen LogP contribution in [-0.4, -0.2) is 34.4 Å². The average molecular weight is 193 g/mol. The molecule has 2 heterocycles. The molecule has 1 aliphatic rings. The molecule has 1 atom stereocenters. The zero-order valence-corrected chi connectivity index (χ0v) is 7.80.